The number of sulfonamides is 1. The van der Waals surface area contributed by atoms with Crippen molar-refractivity contribution in [2.75, 3.05) is 35.8 Å². The largest absolute Gasteiger partial charge is 0.378 e. The third-order valence-electron chi connectivity index (χ3n) is 5.43. The van der Waals surface area contributed by atoms with Crippen LogP contribution in [0.3, 0.4) is 0 Å². The summed E-state index contributed by atoms with van der Waals surface area (Å²) >= 11 is 0. The number of anilines is 2. The minimum absolute atomic E-state index is 0. The van der Waals surface area contributed by atoms with Crippen LogP contribution in [0.2, 0.25) is 0 Å². The molecule has 0 bridgehead atoms. The maximum Gasteiger partial charge on any atom is 0.263 e. The zero-order valence-electron chi connectivity index (χ0n) is 17.8. The fourth-order valence-electron chi connectivity index (χ4n) is 3.61. The van der Waals surface area contributed by atoms with Crippen LogP contribution in [0.1, 0.15) is 14.5 Å². The third-order valence-corrected chi connectivity index (χ3v) is 6.81. The number of aliphatic hydroxyl groups excluding tert-OH is 1. The van der Waals surface area contributed by atoms with Crippen molar-refractivity contribution in [3.05, 3.63) is 78.3 Å². The number of hydrogen-bond acceptors (Lipinski definition) is 7. The van der Waals surface area contributed by atoms with E-state index in [1.165, 1.54) is 47.8 Å². The number of nitrogens with one attached hydrogen (secondary N) is 1. The number of aromatic nitrogens is 2. The molecule has 2 heterocycles. The van der Waals surface area contributed by atoms with Crippen LogP contribution < -0.4 is 9.62 Å². The van der Waals surface area contributed by atoms with Crippen molar-refractivity contribution < 1.29 is 30.0 Å². The lowest BCUT2D eigenvalue weighted by Crippen LogP contribution is -2.50. The Hall–Kier alpha value is -3.64. The summed E-state index contributed by atoms with van der Waals surface area (Å²) in [4.78, 5) is 23.6. The Bertz CT molecular complexity index is 1280. The van der Waals surface area contributed by atoms with Crippen molar-refractivity contribution in [3.63, 3.8) is 0 Å². The Morgan fingerprint density at radius 1 is 1.06 bits per heavy atom. The average molecular weight is 494 g/mol. The second kappa shape index (κ2) is 9.69. The van der Waals surface area contributed by atoms with E-state index in [0.717, 1.165) is 11.8 Å². The van der Waals surface area contributed by atoms with E-state index in [9.17, 15) is 27.1 Å². The zero-order valence-corrected chi connectivity index (χ0v) is 18.6. The van der Waals surface area contributed by atoms with Crippen molar-refractivity contribution in [2.24, 2.45) is 0 Å². The fraction of sp³-hybridized carbons (Fsp3) is 0.227. The molecule has 1 saturated heterocycles. The van der Waals surface area contributed by atoms with E-state index in [1.807, 2.05) is 4.90 Å². The lowest BCUT2D eigenvalue weighted by Gasteiger charge is -2.37. The molecule has 0 radical (unpaired) electrons. The smallest absolute Gasteiger partial charge is 0.263 e. The highest BCUT2D eigenvalue weighted by molar-refractivity contribution is 7.92. The summed E-state index contributed by atoms with van der Waals surface area (Å²) in [7, 11) is -3.82. The van der Waals surface area contributed by atoms with Crippen LogP contribution in [0.15, 0.2) is 66.0 Å². The molecule has 9 nitrogen and oxygen atoms in total. The predicted octanol–water partition coefficient (Wildman–Crippen LogP) is 2.43. The SMILES string of the molecule is O=C(C(O)c1cccc(F)c1F)N1CCN(c2ccc(S(=O)(=O)Nc3ccncn3)cc2)CC1.[HH].[HH]. The van der Waals surface area contributed by atoms with Gasteiger partial charge in [-0.05, 0) is 36.4 Å². The number of carbonyl (C=O) groups is 1. The molecule has 0 spiro atoms. The second-order valence-corrected chi connectivity index (χ2v) is 9.23. The molecule has 1 aliphatic heterocycles. The Morgan fingerprint density at radius 3 is 2.41 bits per heavy atom. The van der Waals surface area contributed by atoms with Gasteiger partial charge in [-0.15, -0.1) is 0 Å². The topological polar surface area (TPSA) is 116 Å². The Balaban J connectivity index is 0.00000228. The number of hydrogen-bond donors (Lipinski definition) is 2. The molecule has 1 fully saturated rings. The van der Waals surface area contributed by atoms with Crippen molar-refractivity contribution in [1.82, 2.24) is 14.9 Å². The first kappa shape index (κ1) is 23.5. The van der Waals surface area contributed by atoms with Gasteiger partial charge < -0.3 is 14.9 Å². The standard InChI is InChI=1S/C22H21F2N5O4S.2H2/c23-18-3-1-2-17(20(18)24)21(30)22(31)29-12-10-28(11-13-29)15-4-6-16(7-5-15)34(32,33)27-19-8-9-25-14-26-19;;/h1-9,14,21,30H,10-13H2,(H,25,26,27);2*1H. The first-order valence-electron chi connectivity index (χ1n) is 10.3. The summed E-state index contributed by atoms with van der Waals surface area (Å²) in [6.07, 6.45) is 0.861. The highest BCUT2D eigenvalue weighted by atomic mass is 32.2. The van der Waals surface area contributed by atoms with E-state index in [1.54, 1.807) is 12.1 Å². The van der Waals surface area contributed by atoms with Crippen LogP contribution in [-0.2, 0) is 14.8 Å². The van der Waals surface area contributed by atoms with Crippen LogP contribution in [0, 0.1) is 11.6 Å². The number of amides is 1. The average Bonchev–Trinajstić information content (AvgIpc) is 2.85. The molecule has 2 aromatic carbocycles. The van der Waals surface area contributed by atoms with Crippen molar-refractivity contribution in [1.29, 1.82) is 0 Å². The lowest BCUT2D eigenvalue weighted by atomic mass is 10.1. The highest BCUT2D eigenvalue weighted by Gasteiger charge is 2.29. The van der Waals surface area contributed by atoms with Crippen LogP contribution in [0.4, 0.5) is 20.3 Å². The predicted molar refractivity (Wildman–Crippen MR) is 124 cm³/mol. The molecular weight excluding hydrogens is 468 g/mol. The van der Waals surface area contributed by atoms with Crippen molar-refractivity contribution >= 4 is 27.4 Å². The molecule has 1 atom stereocenters. The number of aliphatic hydroxyl groups is 1. The molecule has 34 heavy (non-hydrogen) atoms. The Labute approximate surface area is 197 Å². The van der Waals surface area contributed by atoms with E-state index in [2.05, 4.69) is 14.7 Å². The number of halogens is 2. The molecule has 2 N–H and O–H groups in total. The quantitative estimate of drug-likeness (QED) is 0.542. The molecule has 1 aromatic heterocycles. The molecule has 1 amide bonds. The number of rotatable bonds is 6. The number of piperazine rings is 1. The summed E-state index contributed by atoms with van der Waals surface area (Å²) in [6.45, 7) is 1.33. The van der Waals surface area contributed by atoms with Gasteiger partial charge in [0.2, 0.25) is 0 Å². The lowest BCUT2D eigenvalue weighted by molar-refractivity contribution is -0.141. The van der Waals surface area contributed by atoms with Crippen LogP contribution in [0.5, 0.6) is 0 Å². The number of carbonyl (C=O) groups excluding carboxylic acids is 1. The normalized spacial score (nSPS) is 15.1. The van der Waals surface area contributed by atoms with Crippen LogP contribution >= 0.6 is 0 Å². The molecule has 1 unspecified atom stereocenters. The Morgan fingerprint density at radius 2 is 1.76 bits per heavy atom. The first-order chi connectivity index (χ1) is 16.3. The van der Waals surface area contributed by atoms with Crippen molar-refractivity contribution in [3.8, 4) is 0 Å². The molecule has 12 heteroatoms. The van der Waals surface area contributed by atoms with Gasteiger partial charge in [-0.1, -0.05) is 12.1 Å². The molecular formula is C22H25F2N5O4S. The van der Waals surface area contributed by atoms with Gasteiger partial charge in [-0.25, -0.2) is 27.2 Å². The summed E-state index contributed by atoms with van der Waals surface area (Å²) in [5.74, 6) is -2.93. The van der Waals surface area contributed by atoms with E-state index >= 15 is 0 Å². The fourth-order valence-corrected chi connectivity index (χ4v) is 4.61. The van der Waals surface area contributed by atoms with Gasteiger partial charge in [0, 0.05) is 46.5 Å². The first-order valence-corrected chi connectivity index (χ1v) is 11.8. The van der Waals surface area contributed by atoms with Gasteiger partial charge in [0.1, 0.15) is 12.1 Å². The van der Waals surface area contributed by atoms with Gasteiger partial charge in [-0.3, -0.25) is 9.52 Å². The third kappa shape index (κ3) is 4.97. The molecule has 1 aliphatic rings. The minimum Gasteiger partial charge on any atom is -0.378 e. The maximum atomic E-state index is 13.9. The van der Waals surface area contributed by atoms with E-state index < -0.39 is 39.2 Å². The summed E-state index contributed by atoms with van der Waals surface area (Å²) in [5.41, 5.74) is 0.351. The summed E-state index contributed by atoms with van der Waals surface area (Å²) < 4.78 is 54.8. The molecule has 182 valence electrons. The zero-order chi connectivity index (χ0) is 24.3. The van der Waals surface area contributed by atoms with Gasteiger partial charge in [0.05, 0.1) is 4.90 Å². The number of benzene rings is 2. The van der Waals surface area contributed by atoms with Crippen LogP contribution in [-0.4, -0.2) is 60.5 Å². The van der Waals surface area contributed by atoms with Gasteiger partial charge in [-0.2, -0.15) is 0 Å². The minimum atomic E-state index is -3.82. The van der Waals surface area contributed by atoms with Crippen LogP contribution in [0.25, 0.3) is 0 Å². The van der Waals surface area contributed by atoms with E-state index in [4.69, 9.17) is 0 Å². The monoisotopic (exact) mass is 493 g/mol. The molecule has 4 rings (SSSR count). The van der Waals surface area contributed by atoms with Gasteiger partial charge in [0.15, 0.2) is 17.7 Å². The van der Waals surface area contributed by atoms with E-state index in [0.29, 0.717) is 13.1 Å². The van der Waals surface area contributed by atoms with Crippen molar-refractivity contribution in [2.45, 2.75) is 11.0 Å². The highest BCUT2D eigenvalue weighted by Crippen LogP contribution is 2.24. The van der Waals surface area contributed by atoms with Gasteiger partial charge in [0.25, 0.3) is 15.9 Å². The molecule has 3 aromatic rings. The molecule has 0 saturated carbocycles. The number of nitrogens with zero attached hydrogens (tertiary/aromatic N) is 4. The maximum absolute atomic E-state index is 13.9. The second-order valence-electron chi connectivity index (χ2n) is 7.55. The molecule has 0 aliphatic carbocycles. The van der Waals surface area contributed by atoms with Gasteiger partial charge >= 0.3 is 0 Å². The Kier molecular flexibility index (Phi) is 6.70. The summed E-state index contributed by atoms with van der Waals surface area (Å²) in [6, 6.07) is 11.0. The van der Waals surface area contributed by atoms with E-state index in [-0.39, 0.29) is 26.7 Å². The summed E-state index contributed by atoms with van der Waals surface area (Å²) in [5, 5.41) is 10.3.